The molecule has 0 unspecified atom stereocenters. The van der Waals surface area contributed by atoms with Crippen LogP contribution in [0.2, 0.25) is 0 Å². The van der Waals surface area contributed by atoms with E-state index in [1.165, 1.54) is 11.3 Å². The molecule has 0 bridgehead atoms. The molecule has 3 rings (SSSR count). The molecule has 0 saturated heterocycles. The first-order valence-electron chi connectivity index (χ1n) is 7.68. The predicted octanol–water partition coefficient (Wildman–Crippen LogP) is 3.20. The molecule has 0 spiro atoms. The molecule has 7 heteroatoms. The van der Waals surface area contributed by atoms with Gasteiger partial charge in [-0.15, -0.1) is 11.3 Å². The number of aryl methyl sites for hydroxylation is 2. The maximum absolute atomic E-state index is 12.3. The maximum atomic E-state index is 12.3. The summed E-state index contributed by atoms with van der Waals surface area (Å²) in [5.74, 6) is -0.768. The largest absolute Gasteiger partial charge is 0.360 e. The summed E-state index contributed by atoms with van der Waals surface area (Å²) in [5.41, 5.74) is 2.00. The number of anilines is 1. The van der Waals surface area contributed by atoms with E-state index in [9.17, 15) is 9.59 Å². The number of aromatic nitrogens is 1. The van der Waals surface area contributed by atoms with Crippen LogP contribution >= 0.6 is 11.3 Å². The molecule has 3 aromatic rings. The minimum atomic E-state index is -0.789. The Kier molecular flexibility index (Phi) is 4.95. The van der Waals surface area contributed by atoms with Gasteiger partial charge in [0.15, 0.2) is 5.82 Å². The van der Waals surface area contributed by atoms with Crippen molar-refractivity contribution in [2.45, 2.75) is 19.9 Å². The molecular weight excluding hydrogens is 338 g/mol. The van der Waals surface area contributed by atoms with Crippen molar-refractivity contribution in [3.05, 3.63) is 69.6 Å². The third kappa shape index (κ3) is 4.13. The number of thiophene rings is 1. The normalized spacial score (nSPS) is 11.8. The smallest absolute Gasteiger partial charge is 0.314 e. The number of rotatable bonds is 4. The molecular formula is C18H17N3O3S. The fourth-order valence-corrected chi connectivity index (χ4v) is 3.22. The fourth-order valence-electron chi connectivity index (χ4n) is 2.42. The Hall–Kier alpha value is -2.93. The van der Waals surface area contributed by atoms with Crippen molar-refractivity contribution < 1.29 is 14.1 Å². The van der Waals surface area contributed by atoms with Gasteiger partial charge in [-0.3, -0.25) is 14.9 Å². The zero-order chi connectivity index (χ0) is 17.8. The average molecular weight is 355 g/mol. The Morgan fingerprint density at radius 1 is 1.12 bits per heavy atom. The van der Waals surface area contributed by atoms with E-state index in [1.807, 2.05) is 48.7 Å². The summed E-state index contributed by atoms with van der Waals surface area (Å²) >= 11 is 1.52. The van der Waals surface area contributed by atoms with E-state index in [2.05, 4.69) is 15.8 Å². The lowest BCUT2D eigenvalue weighted by molar-refractivity contribution is -0.136. The van der Waals surface area contributed by atoms with E-state index in [-0.39, 0.29) is 5.82 Å². The van der Waals surface area contributed by atoms with Crippen LogP contribution in [0.5, 0.6) is 0 Å². The van der Waals surface area contributed by atoms with Gasteiger partial charge in [-0.2, -0.15) is 0 Å². The topological polar surface area (TPSA) is 84.2 Å². The molecule has 6 nitrogen and oxygen atoms in total. The number of nitrogens with one attached hydrogen (secondary N) is 2. The van der Waals surface area contributed by atoms with Gasteiger partial charge in [-0.1, -0.05) is 41.1 Å². The van der Waals surface area contributed by atoms with Crippen molar-refractivity contribution in [2.75, 3.05) is 5.32 Å². The lowest BCUT2D eigenvalue weighted by atomic mass is 10.0. The van der Waals surface area contributed by atoms with Crippen LogP contribution < -0.4 is 10.6 Å². The van der Waals surface area contributed by atoms with E-state index in [1.54, 1.807) is 13.0 Å². The zero-order valence-corrected chi connectivity index (χ0v) is 14.6. The molecule has 0 aliphatic rings. The van der Waals surface area contributed by atoms with Crippen LogP contribution in [0, 0.1) is 13.8 Å². The van der Waals surface area contributed by atoms with Gasteiger partial charge < -0.3 is 9.84 Å². The van der Waals surface area contributed by atoms with Gasteiger partial charge in [0.05, 0.1) is 6.04 Å². The highest BCUT2D eigenvalue weighted by atomic mass is 32.1. The second kappa shape index (κ2) is 7.31. The number of benzene rings is 1. The Bertz CT molecular complexity index is 887. The molecule has 2 N–H and O–H groups in total. The third-order valence-electron chi connectivity index (χ3n) is 3.55. The minimum Gasteiger partial charge on any atom is -0.360 e. The standard InChI is InChI=1S/C18H17N3O3S/c1-11-5-3-6-13(9-11)16(14-7-4-8-25-14)20-18(23)17(22)19-15-10-12(2)24-21-15/h3-10,16H,1-2H3,(H,20,23)(H,19,21,22)/t16-/m1/s1. The number of carbonyl (C=O) groups excluding carboxylic acids is 2. The summed E-state index contributed by atoms with van der Waals surface area (Å²) < 4.78 is 4.87. The van der Waals surface area contributed by atoms with Crippen LogP contribution in [0.15, 0.2) is 52.4 Å². The third-order valence-corrected chi connectivity index (χ3v) is 4.49. The molecule has 0 radical (unpaired) electrons. The first kappa shape index (κ1) is 16.9. The van der Waals surface area contributed by atoms with E-state index in [4.69, 9.17) is 4.52 Å². The van der Waals surface area contributed by atoms with Crippen molar-refractivity contribution in [3.63, 3.8) is 0 Å². The van der Waals surface area contributed by atoms with Crippen LogP contribution in [0.1, 0.15) is 27.8 Å². The van der Waals surface area contributed by atoms with E-state index in [0.29, 0.717) is 5.76 Å². The number of carbonyl (C=O) groups is 2. The second-order valence-electron chi connectivity index (χ2n) is 5.61. The summed E-state index contributed by atoms with van der Waals surface area (Å²) in [6, 6.07) is 12.8. The first-order valence-corrected chi connectivity index (χ1v) is 8.56. The molecule has 1 atom stereocenters. The lowest BCUT2D eigenvalue weighted by Gasteiger charge is -2.18. The highest BCUT2D eigenvalue weighted by molar-refractivity contribution is 7.10. The fraction of sp³-hybridized carbons (Fsp3) is 0.167. The summed E-state index contributed by atoms with van der Waals surface area (Å²) in [4.78, 5) is 25.4. The molecule has 0 aliphatic heterocycles. The van der Waals surface area contributed by atoms with Crippen LogP contribution in [0.3, 0.4) is 0 Å². The number of hydrogen-bond donors (Lipinski definition) is 2. The SMILES string of the molecule is Cc1cccc([C@@H](NC(=O)C(=O)Nc2cc(C)on2)c2cccs2)c1. The first-order chi connectivity index (χ1) is 12.0. The lowest BCUT2D eigenvalue weighted by Crippen LogP contribution is -2.38. The molecule has 2 amide bonds. The summed E-state index contributed by atoms with van der Waals surface area (Å²) in [6.45, 7) is 3.68. The van der Waals surface area contributed by atoms with Gasteiger partial charge in [-0.25, -0.2) is 0 Å². The van der Waals surface area contributed by atoms with Gasteiger partial charge in [0.25, 0.3) is 0 Å². The Balaban J connectivity index is 1.78. The monoisotopic (exact) mass is 355 g/mol. The van der Waals surface area contributed by atoms with E-state index in [0.717, 1.165) is 16.0 Å². The Morgan fingerprint density at radius 3 is 2.60 bits per heavy atom. The van der Waals surface area contributed by atoms with Crippen molar-refractivity contribution in [1.82, 2.24) is 10.5 Å². The molecule has 0 aliphatic carbocycles. The molecule has 0 saturated carbocycles. The van der Waals surface area contributed by atoms with Gasteiger partial charge >= 0.3 is 11.8 Å². The van der Waals surface area contributed by atoms with Crippen LogP contribution in [0.25, 0.3) is 0 Å². The van der Waals surface area contributed by atoms with E-state index < -0.39 is 17.9 Å². The van der Waals surface area contributed by atoms with Crippen LogP contribution in [-0.4, -0.2) is 17.0 Å². The Morgan fingerprint density at radius 2 is 1.96 bits per heavy atom. The van der Waals surface area contributed by atoms with Crippen molar-refractivity contribution in [2.24, 2.45) is 0 Å². The van der Waals surface area contributed by atoms with Crippen LogP contribution in [-0.2, 0) is 9.59 Å². The molecule has 0 fully saturated rings. The summed E-state index contributed by atoms with van der Waals surface area (Å²) in [7, 11) is 0. The average Bonchev–Trinajstić information content (AvgIpc) is 3.24. The minimum absolute atomic E-state index is 0.209. The van der Waals surface area contributed by atoms with Crippen molar-refractivity contribution in [3.8, 4) is 0 Å². The van der Waals surface area contributed by atoms with Gasteiger partial charge in [0, 0.05) is 10.9 Å². The zero-order valence-electron chi connectivity index (χ0n) is 13.8. The predicted molar refractivity (Wildman–Crippen MR) is 95.4 cm³/mol. The molecule has 2 heterocycles. The molecule has 2 aromatic heterocycles. The summed E-state index contributed by atoms with van der Waals surface area (Å²) in [5, 5.41) is 10.8. The van der Waals surface area contributed by atoms with Gasteiger partial charge in [-0.05, 0) is 30.9 Å². The van der Waals surface area contributed by atoms with Gasteiger partial charge in [0.2, 0.25) is 0 Å². The number of nitrogens with zero attached hydrogens (tertiary/aromatic N) is 1. The molecule has 1 aromatic carbocycles. The number of amides is 2. The van der Waals surface area contributed by atoms with Gasteiger partial charge in [0.1, 0.15) is 5.76 Å². The number of hydrogen-bond acceptors (Lipinski definition) is 5. The molecule has 25 heavy (non-hydrogen) atoms. The molecule has 128 valence electrons. The highest BCUT2D eigenvalue weighted by Gasteiger charge is 2.23. The van der Waals surface area contributed by atoms with Crippen molar-refractivity contribution >= 4 is 29.0 Å². The van der Waals surface area contributed by atoms with Crippen LogP contribution in [0.4, 0.5) is 5.82 Å². The van der Waals surface area contributed by atoms with Crippen molar-refractivity contribution in [1.29, 1.82) is 0 Å². The summed E-state index contributed by atoms with van der Waals surface area (Å²) in [6.07, 6.45) is 0. The van der Waals surface area contributed by atoms with E-state index >= 15 is 0 Å². The quantitative estimate of drug-likeness (QED) is 0.704. The maximum Gasteiger partial charge on any atom is 0.314 e. The highest BCUT2D eigenvalue weighted by Crippen LogP contribution is 2.26. The second-order valence-corrected chi connectivity index (χ2v) is 6.59. The Labute approximate surface area is 148 Å².